The van der Waals surface area contributed by atoms with Crippen molar-refractivity contribution in [3.8, 4) is 0 Å². The molecular formula is C14H19N. The van der Waals surface area contributed by atoms with Gasteiger partial charge in [-0.05, 0) is 25.8 Å². The molecule has 2 rings (SSSR count). The van der Waals surface area contributed by atoms with Gasteiger partial charge in [0.05, 0.1) is 5.70 Å². The smallest absolute Gasteiger partial charge is 0.0658 e. The fourth-order valence-corrected chi connectivity index (χ4v) is 1.51. The monoisotopic (exact) mass is 201 g/mol. The van der Waals surface area contributed by atoms with Crippen LogP contribution in [0.2, 0.25) is 0 Å². The van der Waals surface area contributed by atoms with Crippen LogP contribution in [0.15, 0.2) is 35.3 Å². The van der Waals surface area contributed by atoms with E-state index in [-0.39, 0.29) is 0 Å². The lowest BCUT2D eigenvalue weighted by Gasteiger charge is -2.06. The summed E-state index contributed by atoms with van der Waals surface area (Å²) in [4.78, 5) is 4.38. The van der Waals surface area contributed by atoms with Crippen molar-refractivity contribution < 1.29 is 0 Å². The summed E-state index contributed by atoms with van der Waals surface area (Å²) in [6.45, 7) is 6.11. The molecule has 0 saturated carbocycles. The second-order valence-corrected chi connectivity index (χ2v) is 3.35. The van der Waals surface area contributed by atoms with Crippen molar-refractivity contribution in [3.05, 3.63) is 41.5 Å². The highest BCUT2D eigenvalue weighted by Crippen LogP contribution is 2.20. The molecule has 1 aromatic rings. The summed E-state index contributed by atoms with van der Waals surface area (Å²) < 4.78 is 0. The minimum absolute atomic E-state index is 1.08. The lowest BCUT2D eigenvalue weighted by molar-refractivity contribution is 1.09. The van der Waals surface area contributed by atoms with Crippen LogP contribution in [0.4, 0.5) is 0 Å². The molecule has 0 aromatic heterocycles. The van der Waals surface area contributed by atoms with Crippen LogP contribution in [0, 0.1) is 6.92 Å². The lowest BCUT2D eigenvalue weighted by Crippen LogP contribution is -1.89. The summed E-state index contributed by atoms with van der Waals surface area (Å²) in [5, 5.41) is 0. The van der Waals surface area contributed by atoms with E-state index in [2.05, 4.69) is 42.3 Å². The molecular weight excluding hydrogens is 182 g/mol. The number of rotatable bonds is 1. The third kappa shape index (κ3) is 3.35. The van der Waals surface area contributed by atoms with E-state index in [0.29, 0.717) is 0 Å². The highest BCUT2D eigenvalue weighted by atomic mass is 14.7. The summed E-state index contributed by atoms with van der Waals surface area (Å²) in [5.41, 5.74) is 3.64. The van der Waals surface area contributed by atoms with Gasteiger partial charge in [0.15, 0.2) is 0 Å². The molecule has 1 aromatic carbocycles. The van der Waals surface area contributed by atoms with Crippen molar-refractivity contribution >= 4 is 11.9 Å². The van der Waals surface area contributed by atoms with E-state index in [4.69, 9.17) is 0 Å². The first-order valence-corrected chi connectivity index (χ1v) is 5.66. The molecule has 0 fully saturated rings. The van der Waals surface area contributed by atoms with Gasteiger partial charge in [0.25, 0.3) is 0 Å². The first-order chi connectivity index (χ1) is 7.36. The second-order valence-electron chi connectivity index (χ2n) is 3.35. The van der Waals surface area contributed by atoms with Crippen LogP contribution in [0.1, 0.15) is 37.8 Å². The average molecular weight is 201 g/mol. The van der Waals surface area contributed by atoms with Gasteiger partial charge >= 0.3 is 0 Å². The Morgan fingerprint density at radius 3 is 2.53 bits per heavy atom. The standard InChI is InChI=1S/C12H13N.C2H6/c1-10-5-4-6-11(9-10)12-7-2-3-8-13-12;1-2/h4-9H,2-3H2,1H3;1-2H3. The van der Waals surface area contributed by atoms with E-state index < -0.39 is 0 Å². The Morgan fingerprint density at radius 2 is 1.93 bits per heavy atom. The third-order valence-electron chi connectivity index (χ3n) is 2.18. The van der Waals surface area contributed by atoms with Crippen molar-refractivity contribution in [1.82, 2.24) is 0 Å². The molecule has 0 bridgehead atoms. The Balaban J connectivity index is 0.000000531. The summed E-state index contributed by atoms with van der Waals surface area (Å²) in [6.07, 6.45) is 6.40. The minimum atomic E-state index is 1.08. The van der Waals surface area contributed by atoms with Crippen molar-refractivity contribution in [2.75, 3.05) is 0 Å². The SMILES string of the molecule is CC.Cc1cccc(C2=CCCC=N2)c1. The van der Waals surface area contributed by atoms with Gasteiger partial charge in [-0.1, -0.05) is 43.7 Å². The van der Waals surface area contributed by atoms with E-state index in [9.17, 15) is 0 Å². The third-order valence-corrected chi connectivity index (χ3v) is 2.18. The van der Waals surface area contributed by atoms with E-state index >= 15 is 0 Å². The van der Waals surface area contributed by atoms with Gasteiger partial charge in [0.1, 0.15) is 0 Å². The molecule has 1 aliphatic heterocycles. The Hall–Kier alpha value is -1.37. The van der Waals surface area contributed by atoms with Gasteiger partial charge in [-0.25, -0.2) is 0 Å². The summed E-state index contributed by atoms with van der Waals surface area (Å²) in [7, 11) is 0. The fourth-order valence-electron chi connectivity index (χ4n) is 1.51. The molecule has 0 unspecified atom stereocenters. The number of nitrogens with zero attached hydrogens (tertiary/aromatic N) is 1. The molecule has 1 nitrogen and oxygen atoms in total. The summed E-state index contributed by atoms with van der Waals surface area (Å²) >= 11 is 0. The maximum atomic E-state index is 4.38. The fraction of sp³-hybridized carbons (Fsp3) is 0.357. The molecule has 1 heteroatoms. The highest BCUT2D eigenvalue weighted by Gasteiger charge is 2.01. The second kappa shape index (κ2) is 6.18. The molecule has 80 valence electrons. The molecule has 0 spiro atoms. The number of allylic oxidation sites excluding steroid dienone is 1. The van der Waals surface area contributed by atoms with Crippen LogP contribution in [-0.2, 0) is 0 Å². The molecule has 0 amide bonds. The zero-order valence-electron chi connectivity index (χ0n) is 9.83. The number of benzene rings is 1. The minimum Gasteiger partial charge on any atom is -0.261 e. The van der Waals surface area contributed by atoms with Crippen LogP contribution in [0.25, 0.3) is 5.70 Å². The normalized spacial score (nSPS) is 13.9. The number of aryl methyl sites for hydroxylation is 1. The summed E-state index contributed by atoms with van der Waals surface area (Å²) in [5.74, 6) is 0. The number of hydrogen-bond donors (Lipinski definition) is 0. The van der Waals surface area contributed by atoms with Crippen LogP contribution < -0.4 is 0 Å². The van der Waals surface area contributed by atoms with Crippen LogP contribution in [0.5, 0.6) is 0 Å². The Bertz CT molecular complexity index is 361. The van der Waals surface area contributed by atoms with Crippen LogP contribution >= 0.6 is 0 Å². The van der Waals surface area contributed by atoms with Crippen LogP contribution in [-0.4, -0.2) is 6.21 Å². The van der Waals surface area contributed by atoms with Gasteiger partial charge in [-0.15, -0.1) is 0 Å². The molecule has 0 N–H and O–H groups in total. The predicted molar refractivity (Wildman–Crippen MR) is 68.2 cm³/mol. The lowest BCUT2D eigenvalue weighted by atomic mass is 10.1. The molecule has 0 radical (unpaired) electrons. The first kappa shape index (κ1) is 11.7. The maximum absolute atomic E-state index is 4.38. The van der Waals surface area contributed by atoms with Crippen molar-refractivity contribution in [2.45, 2.75) is 33.6 Å². The van der Waals surface area contributed by atoms with Crippen molar-refractivity contribution in [3.63, 3.8) is 0 Å². The van der Waals surface area contributed by atoms with Crippen LogP contribution in [0.3, 0.4) is 0 Å². The van der Waals surface area contributed by atoms with Gasteiger partial charge in [-0.3, -0.25) is 4.99 Å². The Morgan fingerprint density at radius 1 is 1.13 bits per heavy atom. The van der Waals surface area contributed by atoms with E-state index in [1.165, 1.54) is 11.1 Å². The maximum Gasteiger partial charge on any atom is 0.0658 e. The van der Waals surface area contributed by atoms with Gasteiger partial charge in [-0.2, -0.15) is 0 Å². The van der Waals surface area contributed by atoms with Gasteiger partial charge in [0.2, 0.25) is 0 Å². The Kier molecular flexibility index (Phi) is 4.82. The first-order valence-electron chi connectivity index (χ1n) is 5.66. The number of aliphatic imine (C=N–C) groups is 1. The zero-order chi connectivity index (χ0) is 11.1. The van der Waals surface area contributed by atoms with Crippen molar-refractivity contribution in [2.24, 2.45) is 4.99 Å². The van der Waals surface area contributed by atoms with E-state index in [0.717, 1.165) is 18.5 Å². The summed E-state index contributed by atoms with van der Waals surface area (Å²) in [6, 6.07) is 8.47. The largest absolute Gasteiger partial charge is 0.261 e. The van der Waals surface area contributed by atoms with Gasteiger partial charge in [0, 0.05) is 11.8 Å². The molecule has 0 atom stereocenters. The topological polar surface area (TPSA) is 12.4 Å². The quantitative estimate of drug-likeness (QED) is 0.645. The molecule has 1 aliphatic rings. The number of hydrogen-bond acceptors (Lipinski definition) is 1. The Labute approximate surface area is 92.6 Å². The average Bonchev–Trinajstić information content (AvgIpc) is 2.33. The molecule has 1 heterocycles. The van der Waals surface area contributed by atoms with E-state index in [1.54, 1.807) is 0 Å². The van der Waals surface area contributed by atoms with E-state index in [1.807, 2.05) is 20.1 Å². The molecule has 0 saturated heterocycles. The van der Waals surface area contributed by atoms with Crippen molar-refractivity contribution in [1.29, 1.82) is 0 Å². The molecule has 15 heavy (non-hydrogen) atoms. The highest BCUT2D eigenvalue weighted by molar-refractivity contribution is 5.76. The zero-order valence-corrected chi connectivity index (χ0v) is 9.83. The van der Waals surface area contributed by atoms with Gasteiger partial charge < -0.3 is 0 Å². The molecule has 0 aliphatic carbocycles. The predicted octanol–water partition coefficient (Wildman–Crippen LogP) is 4.23.